The van der Waals surface area contributed by atoms with Gasteiger partial charge in [0.25, 0.3) is 0 Å². The number of hydrogen-bond acceptors (Lipinski definition) is 1. The maximum absolute atomic E-state index is 5.17. The zero-order valence-electron chi connectivity index (χ0n) is 18.7. The molecule has 3 aromatic carbocycles. The zero-order valence-corrected chi connectivity index (χ0v) is 18.7. The van der Waals surface area contributed by atoms with Gasteiger partial charge in [-0.2, -0.15) is 0 Å². The van der Waals surface area contributed by atoms with Crippen LogP contribution in [0.15, 0.2) is 85.5 Å². The molecule has 0 radical (unpaired) electrons. The van der Waals surface area contributed by atoms with Crippen LogP contribution in [0.5, 0.6) is 0 Å². The first-order chi connectivity index (χ1) is 15.3. The van der Waals surface area contributed by atoms with E-state index in [0.717, 1.165) is 24.9 Å². The average molecular weight is 411 g/mol. The Morgan fingerprint density at radius 3 is 1.71 bits per heavy atom. The highest BCUT2D eigenvalue weighted by Gasteiger charge is 2.21. The lowest BCUT2D eigenvalue weighted by atomic mass is 9.77. The molecule has 3 aromatic rings. The normalized spacial score (nSPS) is 18.6. The van der Waals surface area contributed by atoms with E-state index in [0.29, 0.717) is 0 Å². The summed E-state index contributed by atoms with van der Waals surface area (Å²) in [4.78, 5) is 0. The summed E-state index contributed by atoms with van der Waals surface area (Å²) in [6.45, 7) is 4.67. The molecule has 31 heavy (non-hydrogen) atoms. The quantitative estimate of drug-likeness (QED) is 0.341. The number of benzene rings is 3. The summed E-state index contributed by atoms with van der Waals surface area (Å²) in [5.41, 5.74) is 7.92. The van der Waals surface area contributed by atoms with Gasteiger partial charge in [-0.05, 0) is 83.7 Å². The van der Waals surface area contributed by atoms with E-state index in [2.05, 4.69) is 85.5 Å². The van der Waals surface area contributed by atoms with Crippen molar-refractivity contribution < 1.29 is 4.74 Å². The van der Waals surface area contributed by atoms with Crippen LogP contribution in [0.25, 0.3) is 22.3 Å². The molecule has 0 amide bonds. The van der Waals surface area contributed by atoms with Crippen LogP contribution in [0.2, 0.25) is 0 Å². The standard InChI is InChI=1S/C30H34O/c1-3-4-23-5-9-25(10-6-23)27-13-17-29(18-14-27)30-19-15-28(16-20-30)26-11-7-24(8-12-26)21-22-31-2/h3,7-8,11-20,23,25H,1,4-6,9-10,21-22H2,2H3/t23-,25-. The molecule has 0 unspecified atom stereocenters. The molecule has 1 aliphatic carbocycles. The highest BCUT2D eigenvalue weighted by atomic mass is 16.5. The van der Waals surface area contributed by atoms with Gasteiger partial charge in [-0.25, -0.2) is 0 Å². The maximum Gasteiger partial charge on any atom is 0.0502 e. The average Bonchev–Trinajstić information content (AvgIpc) is 2.84. The van der Waals surface area contributed by atoms with Crippen molar-refractivity contribution >= 4 is 0 Å². The largest absolute Gasteiger partial charge is 0.384 e. The van der Waals surface area contributed by atoms with E-state index < -0.39 is 0 Å². The van der Waals surface area contributed by atoms with Crippen LogP contribution < -0.4 is 0 Å². The first-order valence-electron chi connectivity index (χ1n) is 11.7. The van der Waals surface area contributed by atoms with E-state index in [1.54, 1.807) is 7.11 Å². The topological polar surface area (TPSA) is 9.23 Å². The van der Waals surface area contributed by atoms with Crippen molar-refractivity contribution in [1.82, 2.24) is 0 Å². The Kier molecular flexibility index (Phi) is 7.38. The SMILES string of the molecule is C=CC[C@H]1CC[C@H](c2ccc(-c3ccc(-c4ccc(CCOC)cc4)cc3)cc2)CC1. The molecule has 0 atom stereocenters. The predicted molar refractivity (Wildman–Crippen MR) is 132 cm³/mol. The molecule has 1 fully saturated rings. The summed E-state index contributed by atoms with van der Waals surface area (Å²) in [5, 5.41) is 0. The summed E-state index contributed by atoms with van der Waals surface area (Å²) in [5.74, 6) is 1.58. The molecule has 4 rings (SSSR count). The first-order valence-corrected chi connectivity index (χ1v) is 11.7. The summed E-state index contributed by atoms with van der Waals surface area (Å²) in [6.07, 6.45) is 9.54. The molecule has 0 aromatic heterocycles. The molecular weight excluding hydrogens is 376 g/mol. The van der Waals surface area contributed by atoms with Gasteiger partial charge in [-0.15, -0.1) is 6.58 Å². The Balaban J connectivity index is 1.39. The number of methoxy groups -OCH3 is 1. The number of ether oxygens (including phenoxy) is 1. The third-order valence-electron chi connectivity index (χ3n) is 6.83. The summed E-state index contributed by atoms with van der Waals surface area (Å²) < 4.78 is 5.17. The molecule has 0 bridgehead atoms. The van der Waals surface area contributed by atoms with Gasteiger partial charge in [-0.3, -0.25) is 0 Å². The van der Waals surface area contributed by atoms with Gasteiger partial charge in [0.15, 0.2) is 0 Å². The molecule has 0 spiro atoms. The van der Waals surface area contributed by atoms with Gasteiger partial charge >= 0.3 is 0 Å². The molecule has 1 nitrogen and oxygen atoms in total. The fourth-order valence-electron chi connectivity index (χ4n) is 4.85. The van der Waals surface area contributed by atoms with Crippen molar-refractivity contribution in [2.45, 2.75) is 44.4 Å². The van der Waals surface area contributed by atoms with E-state index in [1.165, 1.54) is 65.5 Å². The number of rotatable bonds is 8. The maximum atomic E-state index is 5.17. The third-order valence-corrected chi connectivity index (χ3v) is 6.83. The zero-order chi connectivity index (χ0) is 21.5. The van der Waals surface area contributed by atoms with Gasteiger partial charge in [0.2, 0.25) is 0 Å². The molecule has 0 N–H and O–H groups in total. The molecule has 0 heterocycles. The van der Waals surface area contributed by atoms with Crippen molar-refractivity contribution in [2.24, 2.45) is 5.92 Å². The van der Waals surface area contributed by atoms with Gasteiger partial charge in [-0.1, -0.05) is 78.9 Å². The van der Waals surface area contributed by atoms with Gasteiger partial charge in [0.05, 0.1) is 6.61 Å². The summed E-state index contributed by atoms with van der Waals surface area (Å²) >= 11 is 0. The number of allylic oxidation sites excluding steroid dienone is 1. The van der Waals surface area contributed by atoms with Crippen molar-refractivity contribution in [3.05, 3.63) is 96.6 Å². The summed E-state index contributed by atoms with van der Waals surface area (Å²) in [7, 11) is 1.75. The minimum atomic E-state index is 0.726. The van der Waals surface area contributed by atoms with Crippen LogP contribution in [-0.4, -0.2) is 13.7 Å². The minimum Gasteiger partial charge on any atom is -0.384 e. The molecule has 0 saturated heterocycles. The van der Waals surface area contributed by atoms with E-state index >= 15 is 0 Å². The monoisotopic (exact) mass is 410 g/mol. The second-order valence-electron chi connectivity index (χ2n) is 8.88. The van der Waals surface area contributed by atoms with Crippen LogP contribution in [-0.2, 0) is 11.2 Å². The highest BCUT2D eigenvalue weighted by Crippen LogP contribution is 2.37. The minimum absolute atomic E-state index is 0.726. The molecular formula is C30H34O. The van der Waals surface area contributed by atoms with Crippen LogP contribution >= 0.6 is 0 Å². The van der Waals surface area contributed by atoms with E-state index in [-0.39, 0.29) is 0 Å². The molecule has 0 aliphatic heterocycles. The van der Waals surface area contributed by atoms with Crippen LogP contribution in [0.4, 0.5) is 0 Å². The second-order valence-corrected chi connectivity index (χ2v) is 8.88. The van der Waals surface area contributed by atoms with Crippen LogP contribution in [0.1, 0.15) is 49.1 Å². The van der Waals surface area contributed by atoms with E-state index in [9.17, 15) is 0 Å². The Morgan fingerprint density at radius 1 is 0.742 bits per heavy atom. The molecule has 1 saturated carbocycles. The van der Waals surface area contributed by atoms with E-state index in [4.69, 9.17) is 4.74 Å². The Hall–Kier alpha value is -2.64. The van der Waals surface area contributed by atoms with Crippen molar-refractivity contribution in [1.29, 1.82) is 0 Å². The van der Waals surface area contributed by atoms with Crippen LogP contribution in [0.3, 0.4) is 0 Å². The Morgan fingerprint density at radius 2 is 1.23 bits per heavy atom. The first kappa shape index (κ1) is 21.6. The predicted octanol–water partition coefficient (Wildman–Crippen LogP) is 8.06. The van der Waals surface area contributed by atoms with Gasteiger partial charge in [0, 0.05) is 7.11 Å². The van der Waals surface area contributed by atoms with Crippen molar-refractivity contribution in [3.8, 4) is 22.3 Å². The fraction of sp³-hybridized carbons (Fsp3) is 0.333. The second kappa shape index (κ2) is 10.6. The molecule has 160 valence electrons. The third kappa shape index (κ3) is 5.54. The van der Waals surface area contributed by atoms with Crippen molar-refractivity contribution in [3.63, 3.8) is 0 Å². The van der Waals surface area contributed by atoms with Crippen molar-refractivity contribution in [2.75, 3.05) is 13.7 Å². The number of hydrogen-bond donors (Lipinski definition) is 0. The smallest absolute Gasteiger partial charge is 0.0502 e. The highest BCUT2D eigenvalue weighted by molar-refractivity contribution is 5.70. The molecule has 1 heteroatoms. The Labute approximate surface area is 187 Å². The van der Waals surface area contributed by atoms with Gasteiger partial charge < -0.3 is 4.74 Å². The van der Waals surface area contributed by atoms with Crippen LogP contribution in [0, 0.1) is 5.92 Å². The van der Waals surface area contributed by atoms with Gasteiger partial charge in [0.1, 0.15) is 0 Å². The van der Waals surface area contributed by atoms with E-state index in [1.807, 2.05) is 0 Å². The lowest BCUT2D eigenvalue weighted by Crippen LogP contribution is -2.12. The lowest BCUT2D eigenvalue weighted by Gasteiger charge is -2.28. The Bertz CT molecular complexity index is 943. The summed E-state index contributed by atoms with van der Waals surface area (Å²) in [6, 6.07) is 27.0. The molecule has 1 aliphatic rings. The lowest BCUT2D eigenvalue weighted by molar-refractivity contribution is 0.202. The fourth-order valence-corrected chi connectivity index (χ4v) is 4.85.